The smallest absolute Gasteiger partial charge is 0.224 e. The predicted octanol–water partition coefficient (Wildman–Crippen LogP) is 2.06. The molecule has 1 unspecified atom stereocenters. The van der Waals surface area contributed by atoms with Crippen molar-refractivity contribution >= 4 is 5.91 Å². The Morgan fingerprint density at radius 1 is 1.33 bits per heavy atom. The van der Waals surface area contributed by atoms with Gasteiger partial charge in [0.25, 0.3) is 0 Å². The van der Waals surface area contributed by atoms with Gasteiger partial charge in [-0.2, -0.15) is 0 Å². The molecule has 0 spiro atoms. The number of pyridine rings is 1. The van der Waals surface area contributed by atoms with Crippen LogP contribution in [-0.4, -0.2) is 50.8 Å². The Morgan fingerprint density at radius 2 is 2.25 bits per heavy atom. The first-order valence-electron chi connectivity index (χ1n) is 8.37. The van der Waals surface area contributed by atoms with E-state index >= 15 is 0 Å². The van der Waals surface area contributed by atoms with Crippen LogP contribution in [0.2, 0.25) is 0 Å². The number of carbonyl (C=O) groups is 1. The molecule has 6 nitrogen and oxygen atoms in total. The van der Waals surface area contributed by atoms with E-state index < -0.39 is 0 Å². The van der Waals surface area contributed by atoms with Gasteiger partial charge in [-0.1, -0.05) is 6.07 Å². The first-order valence-corrected chi connectivity index (χ1v) is 8.37. The van der Waals surface area contributed by atoms with E-state index in [4.69, 9.17) is 0 Å². The standard InChI is InChI=1S/C18H23N5O/c1-22(13-15-4-2-8-19-12-15)11-7-18(24)23-10-3-5-17(23)16-6-9-20-14-21-16/h2,4,6,8-9,12,14,17H,3,5,7,10-11,13H2,1H3. The molecule has 0 aromatic carbocycles. The number of rotatable bonds is 6. The fourth-order valence-electron chi connectivity index (χ4n) is 3.18. The number of likely N-dealkylation sites (tertiary alicyclic amines) is 1. The van der Waals surface area contributed by atoms with Crippen LogP contribution in [0.15, 0.2) is 43.1 Å². The maximum atomic E-state index is 12.6. The summed E-state index contributed by atoms with van der Waals surface area (Å²) in [5.74, 6) is 0.203. The molecule has 24 heavy (non-hydrogen) atoms. The number of aromatic nitrogens is 3. The summed E-state index contributed by atoms with van der Waals surface area (Å²) in [6.07, 6.45) is 9.47. The minimum absolute atomic E-state index is 0.101. The van der Waals surface area contributed by atoms with E-state index in [9.17, 15) is 4.79 Å². The van der Waals surface area contributed by atoms with E-state index in [-0.39, 0.29) is 11.9 Å². The zero-order valence-corrected chi connectivity index (χ0v) is 14.0. The van der Waals surface area contributed by atoms with Crippen LogP contribution in [0.3, 0.4) is 0 Å². The van der Waals surface area contributed by atoms with Gasteiger partial charge in [0.15, 0.2) is 0 Å². The van der Waals surface area contributed by atoms with Crippen LogP contribution >= 0.6 is 0 Å². The quantitative estimate of drug-likeness (QED) is 0.813. The fraction of sp³-hybridized carbons (Fsp3) is 0.444. The van der Waals surface area contributed by atoms with Gasteiger partial charge in [0.05, 0.1) is 11.7 Å². The molecule has 2 aromatic heterocycles. The minimum Gasteiger partial charge on any atom is -0.334 e. The normalized spacial score (nSPS) is 17.4. The van der Waals surface area contributed by atoms with Crippen molar-refractivity contribution in [3.05, 3.63) is 54.4 Å². The Morgan fingerprint density at radius 3 is 3.00 bits per heavy atom. The first-order chi connectivity index (χ1) is 11.7. The van der Waals surface area contributed by atoms with Gasteiger partial charge in [-0.15, -0.1) is 0 Å². The van der Waals surface area contributed by atoms with Crippen molar-refractivity contribution in [2.45, 2.75) is 31.8 Å². The molecule has 1 aliphatic rings. The van der Waals surface area contributed by atoms with Crippen LogP contribution in [-0.2, 0) is 11.3 Å². The topological polar surface area (TPSA) is 62.2 Å². The van der Waals surface area contributed by atoms with E-state index in [1.54, 1.807) is 18.7 Å². The van der Waals surface area contributed by atoms with E-state index in [1.807, 2.05) is 30.3 Å². The molecule has 0 saturated carbocycles. The molecule has 0 N–H and O–H groups in total. The molecule has 0 aliphatic carbocycles. The van der Waals surface area contributed by atoms with Crippen molar-refractivity contribution in [1.82, 2.24) is 24.8 Å². The van der Waals surface area contributed by atoms with Crippen molar-refractivity contribution in [3.8, 4) is 0 Å². The summed E-state index contributed by atoms with van der Waals surface area (Å²) in [5.41, 5.74) is 2.10. The number of hydrogen-bond donors (Lipinski definition) is 0. The van der Waals surface area contributed by atoms with Crippen LogP contribution in [0.5, 0.6) is 0 Å². The second kappa shape index (κ2) is 7.97. The Balaban J connectivity index is 1.53. The van der Waals surface area contributed by atoms with E-state index in [2.05, 4.69) is 25.9 Å². The number of nitrogens with zero attached hydrogens (tertiary/aromatic N) is 5. The third-order valence-corrected chi connectivity index (χ3v) is 4.40. The molecule has 1 fully saturated rings. The summed E-state index contributed by atoms with van der Waals surface area (Å²) in [4.78, 5) is 29.2. The lowest BCUT2D eigenvalue weighted by Crippen LogP contribution is -2.33. The number of hydrogen-bond acceptors (Lipinski definition) is 5. The molecule has 6 heteroatoms. The van der Waals surface area contributed by atoms with Gasteiger partial charge in [0.2, 0.25) is 5.91 Å². The third-order valence-electron chi connectivity index (χ3n) is 4.40. The fourth-order valence-corrected chi connectivity index (χ4v) is 3.18. The molecule has 1 saturated heterocycles. The summed E-state index contributed by atoms with van der Waals surface area (Å²) >= 11 is 0. The average Bonchev–Trinajstić information content (AvgIpc) is 3.11. The highest BCUT2D eigenvalue weighted by molar-refractivity contribution is 5.77. The van der Waals surface area contributed by atoms with Gasteiger partial charge in [0, 0.05) is 44.6 Å². The molecule has 0 radical (unpaired) electrons. The molecular weight excluding hydrogens is 302 g/mol. The van der Waals surface area contributed by atoms with Crippen LogP contribution in [0, 0.1) is 0 Å². The largest absolute Gasteiger partial charge is 0.334 e. The van der Waals surface area contributed by atoms with Crippen molar-refractivity contribution < 1.29 is 4.79 Å². The van der Waals surface area contributed by atoms with Gasteiger partial charge in [-0.25, -0.2) is 9.97 Å². The van der Waals surface area contributed by atoms with Gasteiger partial charge in [0.1, 0.15) is 6.33 Å². The van der Waals surface area contributed by atoms with Crippen molar-refractivity contribution in [3.63, 3.8) is 0 Å². The van der Waals surface area contributed by atoms with Crippen LogP contribution in [0.4, 0.5) is 0 Å². The van der Waals surface area contributed by atoms with E-state index in [0.29, 0.717) is 6.42 Å². The molecule has 1 atom stereocenters. The third kappa shape index (κ3) is 4.14. The summed E-state index contributed by atoms with van der Waals surface area (Å²) in [6, 6.07) is 6.00. The van der Waals surface area contributed by atoms with Crippen molar-refractivity contribution in [2.24, 2.45) is 0 Å². The Kier molecular flexibility index (Phi) is 5.48. The molecule has 3 heterocycles. The van der Waals surface area contributed by atoms with Gasteiger partial charge < -0.3 is 9.80 Å². The lowest BCUT2D eigenvalue weighted by atomic mass is 10.1. The van der Waals surface area contributed by atoms with Crippen molar-refractivity contribution in [2.75, 3.05) is 20.1 Å². The average molecular weight is 325 g/mol. The number of carbonyl (C=O) groups excluding carboxylic acids is 1. The van der Waals surface area contributed by atoms with Crippen LogP contribution < -0.4 is 0 Å². The van der Waals surface area contributed by atoms with Crippen LogP contribution in [0.25, 0.3) is 0 Å². The van der Waals surface area contributed by atoms with Gasteiger partial charge >= 0.3 is 0 Å². The summed E-state index contributed by atoms with van der Waals surface area (Å²) < 4.78 is 0. The SMILES string of the molecule is CN(CCC(=O)N1CCCC1c1ccncn1)Cc1cccnc1. The molecule has 1 amide bonds. The predicted molar refractivity (Wildman–Crippen MR) is 90.9 cm³/mol. The minimum atomic E-state index is 0.101. The molecule has 0 bridgehead atoms. The highest BCUT2D eigenvalue weighted by Gasteiger charge is 2.30. The van der Waals surface area contributed by atoms with Gasteiger partial charge in [-0.05, 0) is 37.6 Å². The monoisotopic (exact) mass is 325 g/mol. The lowest BCUT2D eigenvalue weighted by molar-refractivity contribution is -0.132. The Hall–Kier alpha value is -2.34. The molecule has 1 aliphatic heterocycles. The second-order valence-corrected chi connectivity index (χ2v) is 6.23. The summed E-state index contributed by atoms with van der Waals surface area (Å²) in [7, 11) is 2.03. The van der Waals surface area contributed by atoms with E-state index in [0.717, 1.165) is 43.7 Å². The zero-order chi connectivity index (χ0) is 16.8. The summed E-state index contributed by atoms with van der Waals surface area (Å²) in [6.45, 7) is 2.36. The van der Waals surface area contributed by atoms with Crippen LogP contribution in [0.1, 0.15) is 36.6 Å². The maximum Gasteiger partial charge on any atom is 0.224 e. The highest BCUT2D eigenvalue weighted by Crippen LogP contribution is 2.30. The highest BCUT2D eigenvalue weighted by atomic mass is 16.2. The first kappa shape index (κ1) is 16.5. The van der Waals surface area contributed by atoms with Gasteiger partial charge in [-0.3, -0.25) is 9.78 Å². The molecule has 126 valence electrons. The van der Waals surface area contributed by atoms with Crippen molar-refractivity contribution in [1.29, 1.82) is 0 Å². The Bertz CT molecular complexity index is 649. The Labute approximate surface area is 142 Å². The number of amides is 1. The molecule has 3 rings (SSSR count). The van der Waals surface area contributed by atoms with E-state index in [1.165, 1.54) is 0 Å². The zero-order valence-electron chi connectivity index (χ0n) is 14.0. The molecule has 2 aromatic rings. The lowest BCUT2D eigenvalue weighted by Gasteiger charge is -2.25. The second-order valence-electron chi connectivity index (χ2n) is 6.23. The molecular formula is C18H23N5O. The summed E-state index contributed by atoms with van der Waals surface area (Å²) in [5, 5.41) is 0. The maximum absolute atomic E-state index is 12.6.